The minimum absolute atomic E-state index is 0.00366. The Labute approximate surface area is 150 Å². The van der Waals surface area contributed by atoms with Gasteiger partial charge in [-0.1, -0.05) is 31.2 Å². The highest BCUT2D eigenvalue weighted by Gasteiger charge is 2.23. The second-order valence-electron chi connectivity index (χ2n) is 6.08. The van der Waals surface area contributed by atoms with E-state index in [4.69, 9.17) is 0 Å². The highest BCUT2D eigenvalue weighted by molar-refractivity contribution is 7.50. The Hall–Kier alpha value is -2.65. The summed E-state index contributed by atoms with van der Waals surface area (Å²) in [5, 5.41) is 5.58. The Kier molecular flexibility index (Phi) is 4.24. The predicted octanol–water partition coefficient (Wildman–Crippen LogP) is 5.87. The number of carbonyl (C=O) groups is 1. The molecule has 0 bridgehead atoms. The molecule has 0 aliphatic heterocycles. The van der Waals surface area contributed by atoms with Crippen molar-refractivity contribution in [3.05, 3.63) is 78.4 Å². The van der Waals surface area contributed by atoms with Gasteiger partial charge in [0, 0.05) is 33.4 Å². The predicted molar refractivity (Wildman–Crippen MR) is 108 cm³/mol. The molecule has 0 aliphatic rings. The van der Waals surface area contributed by atoms with E-state index < -0.39 is 0 Å². The van der Waals surface area contributed by atoms with Crippen molar-refractivity contribution in [3.63, 3.8) is 0 Å². The van der Waals surface area contributed by atoms with Crippen LogP contribution in [-0.2, 0) is 0 Å². The van der Waals surface area contributed by atoms with Gasteiger partial charge in [0.15, 0.2) is 14.3 Å². The minimum atomic E-state index is -0.0991. The van der Waals surface area contributed by atoms with Crippen LogP contribution in [0.15, 0.2) is 72.8 Å². The molecule has 0 saturated carbocycles. The first kappa shape index (κ1) is 15.9. The summed E-state index contributed by atoms with van der Waals surface area (Å²) in [6.45, 7) is 2.77. The smallest absolute Gasteiger partial charge is 0.251 e. The van der Waals surface area contributed by atoms with Crippen LogP contribution in [0.2, 0.25) is 0 Å². The van der Waals surface area contributed by atoms with E-state index in [1.807, 2.05) is 12.1 Å². The number of amides is 1. The molecule has 0 aliphatic carbocycles. The lowest BCUT2D eigenvalue weighted by Gasteiger charge is -2.03. The van der Waals surface area contributed by atoms with Crippen LogP contribution in [0.4, 0.5) is 0 Å². The number of nitrogens with one attached hydrogen (secondary N) is 1. The van der Waals surface area contributed by atoms with E-state index in [-0.39, 0.29) is 16.4 Å². The molecule has 2 nitrogen and oxygen atoms in total. The van der Waals surface area contributed by atoms with Crippen LogP contribution in [0.25, 0.3) is 25.1 Å². The van der Waals surface area contributed by atoms with E-state index in [2.05, 4.69) is 72.9 Å². The fourth-order valence-corrected chi connectivity index (χ4v) is 5.57. The van der Waals surface area contributed by atoms with Crippen molar-refractivity contribution in [2.45, 2.75) is 13.3 Å². The maximum atomic E-state index is 12.1. The number of thiophene rings is 1. The molecule has 3 heteroatoms. The zero-order chi connectivity index (χ0) is 17.2. The number of hydrogen-bond acceptors (Lipinski definition) is 1. The number of hydrogen-bond donors (Lipinski definition) is 1. The second kappa shape index (κ2) is 6.69. The molecule has 0 atom stereocenters. The van der Waals surface area contributed by atoms with E-state index in [1.165, 1.54) is 25.1 Å². The molecule has 124 valence electrons. The monoisotopic (exact) mass is 346 g/mol. The van der Waals surface area contributed by atoms with Crippen molar-refractivity contribution < 1.29 is 4.79 Å². The third kappa shape index (κ3) is 2.81. The highest BCUT2D eigenvalue weighted by Crippen LogP contribution is 2.47. The third-order valence-corrected chi connectivity index (χ3v) is 6.73. The Morgan fingerprint density at radius 2 is 1.40 bits per heavy atom. The lowest BCUT2D eigenvalue weighted by molar-refractivity contribution is 0.0953. The van der Waals surface area contributed by atoms with Gasteiger partial charge in [0.2, 0.25) is 0 Å². The van der Waals surface area contributed by atoms with Crippen molar-refractivity contribution in [1.29, 1.82) is 0 Å². The molecule has 0 saturated heterocycles. The first-order valence-corrected chi connectivity index (χ1v) is 9.83. The lowest BCUT2D eigenvalue weighted by Crippen LogP contribution is -2.23. The summed E-state index contributed by atoms with van der Waals surface area (Å²) in [5.41, 5.74) is 0.724. The molecular weight excluding hydrogens is 326 g/mol. The van der Waals surface area contributed by atoms with Gasteiger partial charge < -0.3 is 5.32 Å². The van der Waals surface area contributed by atoms with Crippen LogP contribution in [0.5, 0.6) is 0 Å². The topological polar surface area (TPSA) is 29.1 Å². The molecule has 25 heavy (non-hydrogen) atoms. The average molecular weight is 346 g/mol. The van der Waals surface area contributed by atoms with Crippen molar-refractivity contribution >= 4 is 36.5 Å². The van der Waals surface area contributed by atoms with Crippen LogP contribution in [0.3, 0.4) is 0 Å². The van der Waals surface area contributed by atoms with Gasteiger partial charge in [-0.05, 0) is 55.0 Å². The zero-order valence-corrected chi connectivity index (χ0v) is 15.0. The van der Waals surface area contributed by atoms with Crippen LogP contribution in [0.1, 0.15) is 23.7 Å². The zero-order valence-electron chi connectivity index (χ0n) is 14.2. The van der Waals surface area contributed by atoms with Crippen molar-refractivity contribution in [2.24, 2.45) is 0 Å². The average Bonchev–Trinajstić information content (AvgIpc) is 3.01. The van der Waals surface area contributed by atoms with E-state index in [1.54, 1.807) is 0 Å². The largest absolute Gasteiger partial charge is 0.352 e. The van der Waals surface area contributed by atoms with Gasteiger partial charge in [-0.3, -0.25) is 4.79 Å². The van der Waals surface area contributed by atoms with Gasteiger partial charge in [0.05, 0.1) is 0 Å². The molecule has 1 aromatic heterocycles. The summed E-state index contributed by atoms with van der Waals surface area (Å²) in [6, 6.07) is 25.4. The molecular formula is C22H20NOS+. The van der Waals surface area contributed by atoms with Crippen molar-refractivity contribution in [3.8, 4) is 4.90 Å². The quantitative estimate of drug-likeness (QED) is 0.460. The highest BCUT2D eigenvalue weighted by atomic mass is 32.2. The fraction of sp³-hybridized carbons (Fsp3) is 0.136. The molecule has 0 fully saturated rings. The number of benzene rings is 3. The molecule has 0 radical (unpaired) electrons. The van der Waals surface area contributed by atoms with Crippen LogP contribution in [0, 0.1) is 0 Å². The Morgan fingerprint density at radius 3 is 1.96 bits per heavy atom. The number of rotatable bonds is 4. The molecule has 1 N–H and O–H groups in total. The number of fused-ring (bicyclic) bond motifs is 3. The number of carbonyl (C=O) groups excluding carboxylic acids is 1. The molecule has 0 spiro atoms. The third-order valence-electron chi connectivity index (χ3n) is 4.39. The first-order valence-electron chi connectivity index (χ1n) is 8.60. The van der Waals surface area contributed by atoms with Crippen molar-refractivity contribution in [1.82, 2.24) is 5.32 Å². The van der Waals surface area contributed by atoms with Crippen LogP contribution < -0.4 is 5.32 Å². The summed E-state index contributed by atoms with van der Waals surface area (Å²) in [6.07, 6.45) is 0.945. The maximum Gasteiger partial charge on any atom is 0.251 e. The van der Waals surface area contributed by atoms with E-state index >= 15 is 0 Å². The summed E-state index contributed by atoms with van der Waals surface area (Å²) >= 11 is 0. The normalized spacial score (nSPS) is 11.1. The van der Waals surface area contributed by atoms with Gasteiger partial charge >= 0.3 is 0 Å². The van der Waals surface area contributed by atoms with Gasteiger partial charge in [0.25, 0.3) is 5.91 Å². The molecule has 1 amide bonds. The summed E-state index contributed by atoms with van der Waals surface area (Å²) in [5.74, 6) is 0.00366. The second-order valence-corrected chi connectivity index (χ2v) is 8.04. The summed E-state index contributed by atoms with van der Waals surface area (Å²) in [7, 11) is -0.0991. The molecule has 4 rings (SSSR count). The Morgan fingerprint density at radius 1 is 0.840 bits per heavy atom. The SMILES string of the molecule is CCCNC(=O)c1ccc(-[s+]2c3ccccc3c3ccccc32)cc1. The van der Waals surface area contributed by atoms with Gasteiger partial charge in [0.1, 0.15) is 0 Å². The van der Waals surface area contributed by atoms with Crippen LogP contribution in [-0.4, -0.2) is 12.5 Å². The van der Waals surface area contributed by atoms with Gasteiger partial charge in [-0.25, -0.2) is 0 Å². The standard InChI is InChI=1S/C22H19NOS/c1-2-15-23-22(24)16-11-13-17(14-12-16)25-20-9-5-3-7-18(20)19-8-4-6-10-21(19)25/h3-14H,2,15H2,1H3/p+1. The maximum absolute atomic E-state index is 12.1. The molecule has 4 aromatic rings. The van der Waals surface area contributed by atoms with Crippen molar-refractivity contribution in [2.75, 3.05) is 6.54 Å². The van der Waals surface area contributed by atoms with E-state index in [0.29, 0.717) is 6.54 Å². The summed E-state index contributed by atoms with van der Waals surface area (Å²) in [4.78, 5) is 13.4. The van der Waals surface area contributed by atoms with E-state index in [0.717, 1.165) is 12.0 Å². The fourth-order valence-electron chi connectivity index (χ4n) is 3.19. The van der Waals surface area contributed by atoms with Crippen LogP contribution >= 0.6 is 10.5 Å². The first-order chi connectivity index (χ1) is 12.3. The molecule has 1 heterocycles. The lowest BCUT2D eigenvalue weighted by atomic mass is 10.2. The minimum Gasteiger partial charge on any atom is -0.352 e. The Balaban J connectivity index is 1.83. The molecule has 3 aromatic carbocycles. The van der Waals surface area contributed by atoms with Gasteiger partial charge in [-0.2, -0.15) is 0 Å². The molecule has 0 unspecified atom stereocenters. The summed E-state index contributed by atoms with van der Waals surface area (Å²) < 4.78 is 2.73. The Bertz CT molecular complexity index is 993. The van der Waals surface area contributed by atoms with Gasteiger partial charge in [-0.15, -0.1) is 0 Å². The van der Waals surface area contributed by atoms with E-state index in [9.17, 15) is 4.79 Å².